The van der Waals surface area contributed by atoms with E-state index in [0.29, 0.717) is 0 Å². The largest absolute Gasteiger partial charge is 0.379 e. The smallest absolute Gasteiger partial charge is 0.0594 e. The molecule has 0 bridgehead atoms. The highest BCUT2D eigenvalue weighted by Gasteiger charge is 2.25. The Hall–Kier alpha value is -0.990. The summed E-state index contributed by atoms with van der Waals surface area (Å²) in [6, 6.07) is 19.5. The first-order valence-electron chi connectivity index (χ1n) is 7.29. The summed E-state index contributed by atoms with van der Waals surface area (Å²) < 4.78 is 5.46. The van der Waals surface area contributed by atoms with Gasteiger partial charge < -0.3 is 4.74 Å². The maximum Gasteiger partial charge on any atom is 0.0594 e. The van der Waals surface area contributed by atoms with Crippen molar-refractivity contribution in [3.63, 3.8) is 0 Å². The van der Waals surface area contributed by atoms with Crippen molar-refractivity contribution in [2.24, 2.45) is 0 Å². The fourth-order valence-corrected chi connectivity index (χ4v) is 6.67. The van der Waals surface area contributed by atoms with Gasteiger partial charge in [0.2, 0.25) is 0 Å². The maximum atomic E-state index is 6.24. The van der Waals surface area contributed by atoms with E-state index >= 15 is 0 Å². The molecule has 0 atom stereocenters. The minimum atomic E-state index is -1.79. The molecule has 2 aromatic rings. The van der Waals surface area contributed by atoms with E-state index in [4.69, 9.17) is 16.5 Å². The lowest BCUT2D eigenvalue weighted by Gasteiger charge is -2.33. The van der Waals surface area contributed by atoms with E-state index in [1.807, 2.05) is 0 Å². The Morgan fingerprint density at radius 3 is 1.81 bits per heavy atom. The molecule has 2 nitrogen and oxygen atoms in total. The second kappa shape index (κ2) is 6.85. The molecule has 1 fully saturated rings. The predicted molar refractivity (Wildman–Crippen MR) is 93.7 cm³/mol. The Balaban J connectivity index is 1.96. The van der Waals surface area contributed by atoms with Crippen LogP contribution in [0.4, 0.5) is 0 Å². The van der Waals surface area contributed by atoms with Crippen molar-refractivity contribution in [3.05, 3.63) is 60.7 Å². The van der Waals surface area contributed by atoms with Crippen molar-refractivity contribution >= 4 is 28.5 Å². The summed E-state index contributed by atoms with van der Waals surface area (Å²) >= 11 is 6.24. The summed E-state index contributed by atoms with van der Waals surface area (Å²) in [5, 5.41) is 2.61. The first-order chi connectivity index (χ1) is 10.3. The number of ether oxygens (including phenoxy) is 1. The summed E-state index contributed by atoms with van der Waals surface area (Å²) in [6.45, 7) is 3.61. The van der Waals surface area contributed by atoms with E-state index in [-0.39, 0.29) is 0 Å². The standard InChI is InChI=1S/C17H20NOPS/c21-20(16-7-3-1-4-8-16,17-9-5-2-6-10-17)15-18-11-13-19-14-12-18/h1-10H,11-15H2. The van der Waals surface area contributed by atoms with Gasteiger partial charge in [-0.05, 0) is 10.6 Å². The van der Waals surface area contributed by atoms with Crippen molar-refractivity contribution in [2.75, 3.05) is 32.6 Å². The van der Waals surface area contributed by atoms with Crippen LogP contribution in [0.1, 0.15) is 0 Å². The molecule has 3 rings (SSSR count). The molecule has 4 heteroatoms. The third kappa shape index (κ3) is 3.44. The number of benzene rings is 2. The number of rotatable bonds is 4. The Morgan fingerprint density at radius 2 is 1.33 bits per heavy atom. The van der Waals surface area contributed by atoms with Gasteiger partial charge in [0.1, 0.15) is 0 Å². The molecule has 1 heterocycles. The zero-order chi connectivity index (χ0) is 14.5. The topological polar surface area (TPSA) is 12.5 Å². The lowest BCUT2D eigenvalue weighted by Crippen LogP contribution is -2.39. The van der Waals surface area contributed by atoms with Gasteiger partial charge in [-0.15, -0.1) is 0 Å². The summed E-state index contributed by atoms with van der Waals surface area (Å²) in [4.78, 5) is 2.46. The molecule has 2 aromatic carbocycles. The quantitative estimate of drug-likeness (QED) is 0.804. The zero-order valence-corrected chi connectivity index (χ0v) is 13.7. The third-order valence-corrected chi connectivity index (χ3v) is 8.52. The van der Waals surface area contributed by atoms with Crippen molar-refractivity contribution in [3.8, 4) is 0 Å². The average Bonchev–Trinajstić information content (AvgIpc) is 2.57. The predicted octanol–water partition coefficient (Wildman–Crippen LogP) is 2.41. The molecule has 0 unspecified atom stereocenters. The molecular formula is C17H20NOPS. The van der Waals surface area contributed by atoms with Crippen LogP contribution in [-0.4, -0.2) is 37.5 Å². The number of hydrogen-bond donors (Lipinski definition) is 0. The molecule has 0 aromatic heterocycles. The molecule has 1 aliphatic heterocycles. The summed E-state index contributed by atoms with van der Waals surface area (Å²) in [5.74, 6) is 0. The van der Waals surface area contributed by atoms with E-state index in [0.717, 1.165) is 32.6 Å². The molecule has 0 N–H and O–H groups in total. The number of morpholine rings is 1. The van der Waals surface area contributed by atoms with Crippen LogP contribution in [-0.2, 0) is 16.5 Å². The van der Waals surface area contributed by atoms with Crippen LogP contribution < -0.4 is 10.6 Å². The number of hydrogen-bond acceptors (Lipinski definition) is 3. The first kappa shape index (κ1) is 14.9. The van der Waals surface area contributed by atoms with Crippen molar-refractivity contribution in [2.45, 2.75) is 0 Å². The molecular weight excluding hydrogens is 297 g/mol. The lowest BCUT2D eigenvalue weighted by atomic mass is 10.4. The van der Waals surface area contributed by atoms with Gasteiger partial charge in [0.15, 0.2) is 0 Å². The van der Waals surface area contributed by atoms with Crippen molar-refractivity contribution in [1.82, 2.24) is 4.90 Å². The van der Waals surface area contributed by atoms with Gasteiger partial charge in [-0.2, -0.15) is 0 Å². The normalized spacial score (nSPS) is 16.8. The van der Waals surface area contributed by atoms with E-state index < -0.39 is 6.04 Å². The first-order valence-corrected chi connectivity index (χ1v) is 10.3. The Bertz CT molecular complexity index is 568. The molecule has 0 saturated carbocycles. The Labute approximate surface area is 131 Å². The Morgan fingerprint density at radius 1 is 0.857 bits per heavy atom. The lowest BCUT2D eigenvalue weighted by molar-refractivity contribution is 0.0469. The summed E-state index contributed by atoms with van der Waals surface area (Å²) in [5.41, 5.74) is 0. The van der Waals surface area contributed by atoms with Crippen LogP contribution in [0.15, 0.2) is 60.7 Å². The van der Waals surface area contributed by atoms with Crippen molar-refractivity contribution in [1.29, 1.82) is 0 Å². The SMILES string of the molecule is S=P(CN1CCOCC1)(c1ccccc1)c1ccccc1. The van der Waals surface area contributed by atoms with E-state index in [2.05, 4.69) is 65.6 Å². The minimum absolute atomic E-state index is 0.818. The van der Waals surface area contributed by atoms with E-state index in [1.54, 1.807) is 0 Å². The van der Waals surface area contributed by atoms with Gasteiger partial charge in [-0.25, -0.2) is 0 Å². The van der Waals surface area contributed by atoms with Crippen molar-refractivity contribution < 1.29 is 4.74 Å². The molecule has 0 amide bonds. The van der Waals surface area contributed by atoms with Crippen LogP contribution in [0.3, 0.4) is 0 Å². The van der Waals surface area contributed by atoms with Crippen LogP contribution in [0, 0.1) is 0 Å². The number of nitrogens with zero attached hydrogens (tertiary/aromatic N) is 1. The minimum Gasteiger partial charge on any atom is -0.379 e. The highest BCUT2D eigenvalue weighted by Crippen LogP contribution is 2.44. The van der Waals surface area contributed by atoms with Gasteiger partial charge in [0.25, 0.3) is 0 Å². The van der Waals surface area contributed by atoms with Gasteiger partial charge in [-0.3, -0.25) is 4.90 Å². The van der Waals surface area contributed by atoms with E-state index in [1.165, 1.54) is 10.6 Å². The van der Waals surface area contributed by atoms with Crippen LogP contribution in [0.5, 0.6) is 0 Å². The van der Waals surface area contributed by atoms with Gasteiger partial charge in [0, 0.05) is 25.4 Å². The Kier molecular flexibility index (Phi) is 4.87. The van der Waals surface area contributed by atoms with Gasteiger partial charge in [0.05, 0.1) is 13.2 Å². The van der Waals surface area contributed by atoms with Gasteiger partial charge >= 0.3 is 0 Å². The van der Waals surface area contributed by atoms with Crippen LogP contribution in [0.25, 0.3) is 0 Å². The average molecular weight is 317 g/mol. The van der Waals surface area contributed by atoms with Crippen LogP contribution >= 0.6 is 6.04 Å². The molecule has 0 spiro atoms. The zero-order valence-electron chi connectivity index (χ0n) is 12.0. The molecule has 0 radical (unpaired) electrons. The summed E-state index contributed by atoms with van der Waals surface area (Å²) in [7, 11) is 0. The highest BCUT2D eigenvalue weighted by atomic mass is 32.4. The fraction of sp³-hybridized carbons (Fsp3) is 0.294. The molecule has 110 valence electrons. The summed E-state index contributed by atoms with van der Waals surface area (Å²) in [6.07, 6.45) is 0.958. The second-order valence-electron chi connectivity index (χ2n) is 5.28. The molecule has 1 aliphatic rings. The van der Waals surface area contributed by atoms with E-state index in [9.17, 15) is 0 Å². The third-order valence-electron chi connectivity index (χ3n) is 3.85. The molecule has 21 heavy (non-hydrogen) atoms. The van der Waals surface area contributed by atoms with Gasteiger partial charge in [-0.1, -0.05) is 72.5 Å². The molecule has 1 saturated heterocycles. The molecule has 0 aliphatic carbocycles. The monoisotopic (exact) mass is 317 g/mol. The van der Waals surface area contributed by atoms with Crippen LogP contribution in [0.2, 0.25) is 0 Å². The highest BCUT2D eigenvalue weighted by molar-refractivity contribution is 8.21. The fourth-order valence-electron chi connectivity index (χ4n) is 2.67. The maximum absolute atomic E-state index is 6.24. The second-order valence-corrected chi connectivity index (χ2v) is 9.95.